The van der Waals surface area contributed by atoms with Gasteiger partial charge in [-0.3, -0.25) is 14.3 Å². The summed E-state index contributed by atoms with van der Waals surface area (Å²) in [4.78, 5) is 21.8. The van der Waals surface area contributed by atoms with Gasteiger partial charge in [-0.05, 0) is 48.0 Å². The van der Waals surface area contributed by atoms with E-state index >= 15 is 0 Å². The van der Waals surface area contributed by atoms with Crippen LogP contribution in [-0.2, 0) is 5.75 Å². The van der Waals surface area contributed by atoms with E-state index in [4.69, 9.17) is 11.6 Å². The predicted molar refractivity (Wildman–Crippen MR) is 106 cm³/mol. The number of nitrogens with zero attached hydrogens (tertiary/aromatic N) is 3. The summed E-state index contributed by atoms with van der Waals surface area (Å²) in [6.07, 6.45) is 3.13. The molecule has 134 valence electrons. The summed E-state index contributed by atoms with van der Waals surface area (Å²) < 4.78 is 15.0. The predicted octanol–water partition coefficient (Wildman–Crippen LogP) is 4.87. The molecule has 0 unspecified atom stereocenters. The molecule has 2 heterocycles. The summed E-state index contributed by atoms with van der Waals surface area (Å²) in [5.74, 6) is 0.183. The largest absolute Gasteiger partial charge is 0.268 e. The van der Waals surface area contributed by atoms with Crippen LogP contribution in [0.15, 0.2) is 76.9 Å². The van der Waals surface area contributed by atoms with Crippen LogP contribution < -0.4 is 5.56 Å². The molecule has 0 spiro atoms. The standard InChI is InChI=1S/C20H13ClFN3OS/c21-14-4-6-16(7-5-14)25-19(26)17-8-9-23-11-18(17)24-20(25)27-12-13-2-1-3-15(22)10-13/h1-11H,12H2. The second-order valence-electron chi connectivity index (χ2n) is 5.82. The highest BCUT2D eigenvalue weighted by molar-refractivity contribution is 7.98. The van der Waals surface area contributed by atoms with Crippen molar-refractivity contribution in [3.8, 4) is 5.69 Å². The van der Waals surface area contributed by atoms with Gasteiger partial charge >= 0.3 is 0 Å². The van der Waals surface area contributed by atoms with Crippen molar-refractivity contribution in [1.29, 1.82) is 0 Å². The fourth-order valence-corrected chi connectivity index (χ4v) is 3.79. The fraction of sp³-hybridized carbons (Fsp3) is 0.0500. The Morgan fingerprint density at radius 3 is 2.70 bits per heavy atom. The lowest BCUT2D eigenvalue weighted by molar-refractivity contribution is 0.626. The van der Waals surface area contributed by atoms with Gasteiger partial charge in [-0.1, -0.05) is 35.5 Å². The molecule has 0 aliphatic carbocycles. The van der Waals surface area contributed by atoms with E-state index in [9.17, 15) is 9.18 Å². The van der Waals surface area contributed by atoms with Crippen molar-refractivity contribution in [2.45, 2.75) is 10.9 Å². The van der Waals surface area contributed by atoms with Crippen LogP contribution in [0.25, 0.3) is 16.6 Å². The molecule has 2 aromatic heterocycles. The topological polar surface area (TPSA) is 47.8 Å². The summed E-state index contributed by atoms with van der Waals surface area (Å²) in [6.45, 7) is 0. The molecule has 0 amide bonds. The second-order valence-corrected chi connectivity index (χ2v) is 7.20. The molecule has 0 fully saturated rings. The summed E-state index contributed by atoms with van der Waals surface area (Å²) in [7, 11) is 0. The van der Waals surface area contributed by atoms with Crippen LogP contribution in [0.2, 0.25) is 5.02 Å². The number of thioether (sulfide) groups is 1. The lowest BCUT2D eigenvalue weighted by Crippen LogP contribution is -2.21. The zero-order chi connectivity index (χ0) is 18.8. The van der Waals surface area contributed by atoms with Crippen LogP contribution in [0, 0.1) is 5.82 Å². The molecule has 0 atom stereocenters. The van der Waals surface area contributed by atoms with Crippen molar-refractivity contribution >= 4 is 34.3 Å². The van der Waals surface area contributed by atoms with Gasteiger partial charge in [0.2, 0.25) is 0 Å². The normalized spacial score (nSPS) is 11.0. The van der Waals surface area contributed by atoms with E-state index in [2.05, 4.69) is 9.97 Å². The third-order valence-electron chi connectivity index (χ3n) is 3.98. The Kier molecular flexibility index (Phi) is 4.92. The van der Waals surface area contributed by atoms with E-state index in [0.717, 1.165) is 5.56 Å². The highest BCUT2D eigenvalue weighted by Crippen LogP contribution is 2.25. The molecule has 4 rings (SSSR count). The molecule has 0 N–H and O–H groups in total. The van der Waals surface area contributed by atoms with Gasteiger partial charge in [0, 0.05) is 17.0 Å². The molecule has 0 aliphatic heterocycles. The smallest absolute Gasteiger partial charge is 0.266 e. The van der Waals surface area contributed by atoms with Crippen LogP contribution in [0.5, 0.6) is 0 Å². The zero-order valence-corrected chi connectivity index (χ0v) is 15.5. The molecule has 0 radical (unpaired) electrons. The molecule has 0 saturated heterocycles. The van der Waals surface area contributed by atoms with Gasteiger partial charge < -0.3 is 0 Å². The first kappa shape index (κ1) is 17.7. The number of benzene rings is 2. The van der Waals surface area contributed by atoms with Crippen LogP contribution >= 0.6 is 23.4 Å². The molecular weight excluding hydrogens is 385 g/mol. The maximum atomic E-state index is 13.4. The van der Waals surface area contributed by atoms with Crippen LogP contribution in [0.4, 0.5) is 4.39 Å². The number of hydrogen-bond acceptors (Lipinski definition) is 4. The van der Waals surface area contributed by atoms with Crippen molar-refractivity contribution in [3.05, 3.63) is 93.7 Å². The van der Waals surface area contributed by atoms with E-state index in [1.54, 1.807) is 53.4 Å². The molecule has 4 aromatic rings. The van der Waals surface area contributed by atoms with Crippen LogP contribution in [0.1, 0.15) is 5.56 Å². The maximum absolute atomic E-state index is 13.4. The molecule has 2 aromatic carbocycles. The molecule has 27 heavy (non-hydrogen) atoms. The van der Waals surface area contributed by atoms with Gasteiger partial charge in [0.25, 0.3) is 5.56 Å². The van der Waals surface area contributed by atoms with Crippen molar-refractivity contribution in [1.82, 2.24) is 14.5 Å². The molecule has 0 aliphatic rings. The van der Waals surface area contributed by atoms with Crippen molar-refractivity contribution < 1.29 is 4.39 Å². The first-order valence-corrected chi connectivity index (χ1v) is 9.48. The molecule has 0 bridgehead atoms. The Hall–Kier alpha value is -2.70. The third kappa shape index (κ3) is 3.72. The number of hydrogen-bond donors (Lipinski definition) is 0. The minimum absolute atomic E-state index is 0.188. The number of pyridine rings is 1. The van der Waals surface area contributed by atoms with E-state index in [-0.39, 0.29) is 11.4 Å². The average molecular weight is 398 g/mol. The van der Waals surface area contributed by atoms with E-state index in [1.165, 1.54) is 23.9 Å². The van der Waals surface area contributed by atoms with Gasteiger partial charge in [0.15, 0.2) is 5.16 Å². The Balaban J connectivity index is 1.83. The Bertz CT molecular complexity index is 1180. The number of fused-ring (bicyclic) bond motifs is 1. The minimum Gasteiger partial charge on any atom is -0.268 e. The summed E-state index contributed by atoms with van der Waals surface area (Å²) in [6, 6.07) is 15.0. The molecule has 0 saturated carbocycles. The van der Waals surface area contributed by atoms with Gasteiger partial charge in [0.05, 0.1) is 22.8 Å². The number of rotatable bonds is 4. The van der Waals surface area contributed by atoms with Crippen LogP contribution in [0.3, 0.4) is 0 Å². The van der Waals surface area contributed by atoms with E-state index in [0.29, 0.717) is 32.5 Å². The Morgan fingerprint density at radius 1 is 1.11 bits per heavy atom. The van der Waals surface area contributed by atoms with E-state index in [1.807, 2.05) is 6.07 Å². The van der Waals surface area contributed by atoms with E-state index < -0.39 is 0 Å². The number of halogens is 2. The molecule has 4 nitrogen and oxygen atoms in total. The first-order valence-electron chi connectivity index (χ1n) is 8.12. The fourth-order valence-electron chi connectivity index (χ4n) is 2.71. The number of aromatic nitrogens is 3. The Morgan fingerprint density at radius 2 is 1.93 bits per heavy atom. The SMILES string of the molecule is O=c1c2ccncc2nc(SCc2cccc(F)c2)n1-c1ccc(Cl)cc1. The lowest BCUT2D eigenvalue weighted by Gasteiger charge is -2.13. The quantitative estimate of drug-likeness (QED) is 0.364. The second kappa shape index (κ2) is 7.50. The van der Waals surface area contributed by atoms with Gasteiger partial charge in [-0.15, -0.1) is 0 Å². The Labute approximate surface area is 163 Å². The van der Waals surface area contributed by atoms with Crippen molar-refractivity contribution in [2.24, 2.45) is 0 Å². The first-order chi connectivity index (χ1) is 13.1. The van der Waals surface area contributed by atoms with Gasteiger partial charge in [-0.25, -0.2) is 9.37 Å². The highest BCUT2D eigenvalue weighted by atomic mass is 35.5. The molecular formula is C20H13ClFN3OS. The highest BCUT2D eigenvalue weighted by Gasteiger charge is 2.14. The van der Waals surface area contributed by atoms with Crippen molar-refractivity contribution in [2.75, 3.05) is 0 Å². The summed E-state index contributed by atoms with van der Waals surface area (Å²) in [5, 5.41) is 1.57. The summed E-state index contributed by atoms with van der Waals surface area (Å²) >= 11 is 7.34. The average Bonchev–Trinajstić information content (AvgIpc) is 2.68. The lowest BCUT2D eigenvalue weighted by atomic mass is 10.2. The zero-order valence-electron chi connectivity index (χ0n) is 14.0. The van der Waals surface area contributed by atoms with Crippen LogP contribution in [-0.4, -0.2) is 14.5 Å². The monoisotopic (exact) mass is 397 g/mol. The maximum Gasteiger partial charge on any atom is 0.266 e. The van der Waals surface area contributed by atoms with Crippen molar-refractivity contribution in [3.63, 3.8) is 0 Å². The van der Waals surface area contributed by atoms with Gasteiger partial charge in [-0.2, -0.15) is 0 Å². The minimum atomic E-state index is -0.293. The molecule has 7 heteroatoms. The van der Waals surface area contributed by atoms with Gasteiger partial charge in [0.1, 0.15) is 5.82 Å². The third-order valence-corrected chi connectivity index (χ3v) is 5.24. The summed E-state index contributed by atoms with van der Waals surface area (Å²) in [5.41, 5.74) is 1.81.